The molecule has 2 unspecified atom stereocenters. The molecule has 17 heavy (non-hydrogen) atoms. The van der Waals surface area contributed by atoms with E-state index in [2.05, 4.69) is 5.32 Å². The highest BCUT2D eigenvalue weighted by Gasteiger charge is 2.51. The second-order valence-electron chi connectivity index (χ2n) is 5.30. The number of hydrogen-bond donors (Lipinski definition) is 1. The zero-order valence-electron chi connectivity index (χ0n) is 9.88. The monoisotopic (exact) mass is 243 g/mol. The summed E-state index contributed by atoms with van der Waals surface area (Å²) in [5, 5.41) is 2.71. The molecule has 0 saturated heterocycles. The summed E-state index contributed by atoms with van der Waals surface area (Å²) >= 11 is 0. The summed E-state index contributed by atoms with van der Waals surface area (Å²) < 4.78 is 38.9. The Morgan fingerprint density at radius 1 is 1.24 bits per heavy atom. The van der Waals surface area contributed by atoms with Gasteiger partial charge in [0.25, 0.3) is 0 Å². The highest BCUT2D eigenvalue weighted by atomic mass is 19.4. The number of nitrogens with one attached hydrogen (secondary N) is 1. The molecule has 0 heterocycles. The van der Waals surface area contributed by atoms with Crippen molar-refractivity contribution in [3.8, 4) is 0 Å². The second kappa shape index (κ2) is 4.02. The van der Waals surface area contributed by atoms with Gasteiger partial charge in [0.1, 0.15) is 6.04 Å². The van der Waals surface area contributed by atoms with E-state index >= 15 is 0 Å². The Balaban J connectivity index is 2.16. The van der Waals surface area contributed by atoms with Crippen molar-refractivity contribution in [2.75, 3.05) is 0 Å². The van der Waals surface area contributed by atoms with E-state index < -0.39 is 12.2 Å². The molecule has 4 heteroatoms. The van der Waals surface area contributed by atoms with Gasteiger partial charge >= 0.3 is 6.18 Å². The molecular formula is C13H16F3N. The Morgan fingerprint density at radius 3 is 2.18 bits per heavy atom. The average Bonchev–Trinajstić information content (AvgIpc) is 2.82. The first-order valence-electron chi connectivity index (χ1n) is 5.68. The quantitative estimate of drug-likeness (QED) is 0.854. The molecule has 0 radical (unpaired) electrons. The smallest absolute Gasteiger partial charge is 0.299 e. The highest BCUT2D eigenvalue weighted by molar-refractivity contribution is 5.21. The minimum Gasteiger partial charge on any atom is -0.299 e. The number of rotatable bonds is 3. The molecule has 0 spiro atoms. The van der Waals surface area contributed by atoms with E-state index in [1.807, 2.05) is 13.8 Å². The zero-order chi connectivity index (χ0) is 12.7. The number of benzene rings is 1. The molecule has 1 nitrogen and oxygen atoms in total. The molecule has 1 aromatic carbocycles. The van der Waals surface area contributed by atoms with Gasteiger partial charge in [-0.25, -0.2) is 0 Å². The fourth-order valence-electron chi connectivity index (χ4n) is 1.98. The Kier molecular flexibility index (Phi) is 2.94. The molecule has 1 saturated carbocycles. The standard InChI is InChI=1S/C13H16F3N/c1-12(2)8-10(12)17-11(13(14,15)16)9-6-4-3-5-7-9/h3-7,10-11,17H,8H2,1-2H3. The van der Waals surface area contributed by atoms with Gasteiger partial charge < -0.3 is 0 Å². The van der Waals surface area contributed by atoms with E-state index in [0.717, 1.165) is 6.42 Å². The maximum atomic E-state index is 13.0. The Morgan fingerprint density at radius 2 is 1.76 bits per heavy atom. The van der Waals surface area contributed by atoms with Gasteiger partial charge in [0.05, 0.1) is 0 Å². The van der Waals surface area contributed by atoms with E-state index in [-0.39, 0.29) is 17.0 Å². The van der Waals surface area contributed by atoms with Crippen LogP contribution in [0.1, 0.15) is 31.9 Å². The molecule has 0 aliphatic heterocycles. The molecule has 0 amide bonds. The third-order valence-electron chi connectivity index (χ3n) is 3.34. The molecule has 0 aromatic heterocycles. The predicted molar refractivity (Wildman–Crippen MR) is 60.6 cm³/mol. The van der Waals surface area contributed by atoms with Crippen LogP contribution in [-0.2, 0) is 0 Å². The predicted octanol–water partition coefficient (Wildman–Crippen LogP) is 3.68. The van der Waals surface area contributed by atoms with Crippen LogP contribution >= 0.6 is 0 Å². The third kappa shape index (κ3) is 2.80. The first-order chi connectivity index (χ1) is 7.81. The summed E-state index contributed by atoms with van der Waals surface area (Å²) in [5.74, 6) is 0. The van der Waals surface area contributed by atoms with Crippen molar-refractivity contribution < 1.29 is 13.2 Å². The van der Waals surface area contributed by atoms with Crippen LogP contribution in [-0.4, -0.2) is 12.2 Å². The first-order valence-corrected chi connectivity index (χ1v) is 5.68. The van der Waals surface area contributed by atoms with Gasteiger partial charge in [-0.15, -0.1) is 0 Å². The number of alkyl halides is 3. The van der Waals surface area contributed by atoms with Crippen LogP contribution in [0.3, 0.4) is 0 Å². The maximum Gasteiger partial charge on any atom is 0.407 e. The van der Waals surface area contributed by atoms with E-state index in [0.29, 0.717) is 0 Å². The van der Waals surface area contributed by atoms with Crippen LogP contribution in [0.2, 0.25) is 0 Å². The van der Waals surface area contributed by atoms with Crippen molar-refractivity contribution in [1.29, 1.82) is 0 Å². The lowest BCUT2D eigenvalue weighted by molar-refractivity contribution is -0.158. The van der Waals surface area contributed by atoms with E-state index in [4.69, 9.17) is 0 Å². The first kappa shape index (κ1) is 12.4. The summed E-state index contributed by atoms with van der Waals surface area (Å²) in [6.07, 6.45) is -3.45. The van der Waals surface area contributed by atoms with Crippen molar-refractivity contribution in [2.45, 2.75) is 38.5 Å². The van der Waals surface area contributed by atoms with Crippen LogP contribution in [0.5, 0.6) is 0 Å². The molecule has 1 N–H and O–H groups in total. The van der Waals surface area contributed by atoms with Gasteiger partial charge in [0, 0.05) is 6.04 Å². The second-order valence-corrected chi connectivity index (χ2v) is 5.30. The molecule has 1 aliphatic rings. The highest BCUT2D eigenvalue weighted by Crippen LogP contribution is 2.47. The van der Waals surface area contributed by atoms with Crippen LogP contribution in [0, 0.1) is 5.41 Å². The summed E-state index contributed by atoms with van der Waals surface area (Å²) in [5.41, 5.74) is 0.265. The summed E-state index contributed by atoms with van der Waals surface area (Å²) in [6.45, 7) is 3.95. The molecule has 2 atom stereocenters. The normalized spacial score (nSPS) is 24.4. The van der Waals surface area contributed by atoms with Crippen LogP contribution in [0.4, 0.5) is 13.2 Å². The van der Waals surface area contributed by atoms with Gasteiger partial charge in [-0.3, -0.25) is 5.32 Å². The Labute approximate surface area is 99.0 Å². The number of halogens is 3. The summed E-state index contributed by atoms with van der Waals surface area (Å²) in [4.78, 5) is 0. The lowest BCUT2D eigenvalue weighted by Crippen LogP contribution is -2.36. The van der Waals surface area contributed by atoms with Crippen molar-refractivity contribution in [2.24, 2.45) is 5.41 Å². The largest absolute Gasteiger partial charge is 0.407 e. The van der Waals surface area contributed by atoms with E-state index in [1.54, 1.807) is 18.2 Å². The SMILES string of the molecule is CC1(C)CC1NC(c1ccccc1)C(F)(F)F. The van der Waals surface area contributed by atoms with Crippen molar-refractivity contribution in [1.82, 2.24) is 5.32 Å². The molecule has 1 aromatic rings. The molecule has 0 bridgehead atoms. The summed E-state index contributed by atoms with van der Waals surface area (Å²) in [7, 11) is 0. The fraction of sp³-hybridized carbons (Fsp3) is 0.538. The van der Waals surface area contributed by atoms with Crippen molar-refractivity contribution in [3.63, 3.8) is 0 Å². The van der Waals surface area contributed by atoms with Gasteiger partial charge in [-0.2, -0.15) is 13.2 Å². The van der Waals surface area contributed by atoms with Crippen LogP contribution in [0.15, 0.2) is 30.3 Å². The average molecular weight is 243 g/mol. The van der Waals surface area contributed by atoms with Gasteiger partial charge in [-0.1, -0.05) is 44.2 Å². The van der Waals surface area contributed by atoms with E-state index in [1.165, 1.54) is 12.1 Å². The van der Waals surface area contributed by atoms with Gasteiger partial charge in [-0.05, 0) is 17.4 Å². The lowest BCUT2D eigenvalue weighted by atomic mass is 10.1. The molecule has 1 aliphatic carbocycles. The summed E-state index contributed by atoms with van der Waals surface area (Å²) in [6, 6.07) is 6.41. The molecule has 1 fully saturated rings. The lowest BCUT2D eigenvalue weighted by Gasteiger charge is -2.23. The van der Waals surface area contributed by atoms with Gasteiger partial charge in [0.2, 0.25) is 0 Å². The Hall–Kier alpha value is -1.03. The third-order valence-corrected chi connectivity index (χ3v) is 3.34. The molecule has 2 rings (SSSR count). The van der Waals surface area contributed by atoms with Crippen molar-refractivity contribution in [3.05, 3.63) is 35.9 Å². The maximum absolute atomic E-state index is 13.0. The Bertz CT molecular complexity index is 383. The van der Waals surface area contributed by atoms with Crippen LogP contribution in [0.25, 0.3) is 0 Å². The fourth-order valence-corrected chi connectivity index (χ4v) is 1.98. The minimum absolute atomic E-state index is 0.0156. The van der Waals surface area contributed by atoms with E-state index in [9.17, 15) is 13.2 Å². The molecule has 94 valence electrons. The van der Waals surface area contributed by atoms with Gasteiger partial charge in [0.15, 0.2) is 0 Å². The minimum atomic E-state index is -4.25. The molecular weight excluding hydrogens is 227 g/mol. The van der Waals surface area contributed by atoms with Crippen LogP contribution < -0.4 is 5.32 Å². The number of hydrogen-bond acceptors (Lipinski definition) is 1. The topological polar surface area (TPSA) is 12.0 Å². The van der Waals surface area contributed by atoms with Crippen molar-refractivity contribution >= 4 is 0 Å². The zero-order valence-corrected chi connectivity index (χ0v) is 9.88.